The van der Waals surface area contributed by atoms with E-state index in [0.717, 1.165) is 5.82 Å². The summed E-state index contributed by atoms with van der Waals surface area (Å²) in [6.45, 7) is 1.95. The van der Waals surface area contributed by atoms with Gasteiger partial charge in [-0.05, 0) is 18.2 Å². The van der Waals surface area contributed by atoms with E-state index in [0.29, 0.717) is 17.3 Å². The Labute approximate surface area is 86.8 Å². The van der Waals surface area contributed by atoms with Gasteiger partial charge in [0.25, 0.3) is 5.56 Å². The van der Waals surface area contributed by atoms with Crippen LogP contribution in [0.5, 0.6) is 5.75 Å². The van der Waals surface area contributed by atoms with Crippen molar-refractivity contribution >= 4 is 10.9 Å². The number of aromatic nitrogens is 2. The smallest absolute Gasteiger partial charge is 0.261 e. The molecule has 1 aromatic heterocycles. The second-order valence-electron chi connectivity index (χ2n) is 3.45. The van der Waals surface area contributed by atoms with Crippen LogP contribution in [0.1, 0.15) is 12.7 Å². The van der Waals surface area contributed by atoms with Crippen LogP contribution in [0.3, 0.4) is 0 Å². The molecule has 0 aliphatic carbocycles. The SMILES string of the molecule is CCc1nc2ccc(O)cc2c(=O)n1C. The zero-order valence-electron chi connectivity index (χ0n) is 8.69. The molecule has 2 rings (SSSR count). The molecule has 1 aromatic carbocycles. The summed E-state index contributed by atoms with van der Waals surface area (Å²) in [6.07, 6.45) is 0.711. The highest BCUT2D eigenvalue weighted by atomic mass is 16.3. The minimum atomic E-state index is -0.118. The Morgan fingerprint density at radius 3 is 2.87 bits per heavy atom. The van der Waals surface area contributed by atoms with Crippen molar-refractivity contribution in [3.63, 3.8) is 0 Å². The van der Waals surface area contributed by atoms with Gasteiger partial charge in [-0.25, -0.2) is 4.98 Å². The summed E-state index contributed by atoms with van der Waals surface area (Å²) < 4.78 is 1.52. The molecule has 0 aliphatic rings. The fourth-order valence-electron chi connectivity index (χ4n) is 1.62. The molecule has 0 saturated carbocycles. The number of phenolic OH excluding ortho intramolecular Hbond substituents is 1. The molecule has 0 aliphatic heterocycles. The van der Waals surface area contributed by atoms with E-state index in [1.807, 2.05) is 6.92 Å². The lowest BCUT2D eigenvalue weighted by atomic mass is 10.2. The fourth-order valence-corrected chi connectivity index (χ4v) is 1.62. The molecule has 0 amide bonds. The standard InChI is InChI=1S/C11H12N2O2/c1-3-10-12-9-5-4-7(14)6-8(9)11(15)13(10)2/h4-6,14H,3H2,1-2H3. The fraction of sp³-hybridized carbons (Fsp3) is 0.273. The average molecular weight is 204 g/mol. The van der Waals surface area contributed by atoms with Crippen molar-refractivity contribution in [2.75, 3.05) is 0 Å². The summed E-state index contributed by atoms with van der Waals surface area (Å²) in [5.41, 5.74) is 0.514. The van der Waals surface area contributed by atoms with Gasteiger partial charge in [-0.3, -0.25) is 9.36 Å². The van der Waals surface area contributed by atoms with Crippen molar-refractivity contribution in [2.24, 2.45) is 7.05 Å². The van der Waals surface area contributed by atoms with E-state index >= 15 is 0 Å². The van der Waals surface area contributed by atoms with E-state index in [9.17, 15) is 9.90 Å². The van der Waals surface area contributed by atoms with Gasteiger partial charge in [-0.15, -0.1) is 0 Å². The summed E-state index contributed by atoms with van der Waals surface area (Å²) in [5.74, 6) is 0.837. The Hall–Kier alpha value is -1.84. The van der Waals surface area contributed by atoms with Gasteiger partial charge >= 0.3 is 0 Å². The van der Waals surface area contributed by atoms with E-state index in [-0.39, 0.29) is 11.3 Å². The number of hydrogen-bond acceptors (Lipinski definition) is 3. The summed E-state index contributed by atoms with van der Waals surface area (Å²) in [6, 6.07) is 4.64. The molecule has 4 nitrogen and oxygen atoms in total. The maximum atomic E-state index is 11.9. The quantitative estimate of drug-likeness (QED) is 0.759. The third kappa shape index (κ3) is 1.48. The number of nitrogens with zero attached hydrogens (tertiary/aromatic N) is 2. The Morgan fingerprint density at radius 1 is 1.47 bits per heavy atom. The monoisotopic (exact) mass is 204 g/mol. The lowest BCUT2D eigenvalue weighted by Gasteiger charge is -2.06. The van der Waals surface area contributed by atoms with Crippen molar-refractivity contribution in [3.8, 4) is 5.75 Å². The minimum absolute atomic E-state index is 0.0886. The Balaban J connectivity index is 2.91. The molecular formula is C11H12N2O2. The lowest BCUT2D eigenvalue weighted by Crippen LogP contribution is -2.21. The Morgan fingerprint density at radius 2 is 2.20 bits per heavy atom. The van der Waals surface area contributed by atoms with Crippen LogP contribution < -0.4 is 5.56 Å². The molecule has 0 unspecified atom stereocenters. The van der Waals surface area contributed by atoms with E-state index in [1.54, 1.807) is 13.1 Å². The average Bonchev–Trinajstić information content (AvgIpc) is 2.24. The molecule has 0 atom stereocenters. The van der Waals surface area contributed by atoms with Crippen LogP contribution in [0.2, 0.25) is 0 Å². The molecule has 4 heteroatoms. The summed E-state index contributed by atoms with van der Waals surface area (Å²) >= 11 is 0. The number of rotatable bonds is 1. The number of benzene rings is 1. The number of aryl methyl sites for hydroxylation is 1. The maximum Gasteiger partial charge on any atom is 0.261 e. The Bertz CT molecular complexity index is 573. The first kappa shape index (κ1) is 9.71. The zero-order chi connectivity index (χ0) is 11.0. The molecular weight excluding hydrogens is 192 g/mol. The molecule has 15 heavy (non-hydrogen) atoms. The van der Waals surface area contributed by atoms with Crippen LogP contribution in [0.15, 0.2) is 23.0 Å². The van der Waals surface area contributed by atoms with E-state index in [2.05, 4.69) is 4.98 Å². The van der Waals surface area contributed by atoms with Crippen LogP contribution in [0.25, 0.3) is 10.9 Å². The highest BCUT2D eigenvalue weighted by Crippen LogP contribution is 2.15. The van der Waals surface area contributed by atoms with Crippen LogP contribution in [-0.2, 0) is 13.5 Å². The first-order valence-corrected chi connectivity index (χ1v) is 4.82. The second-order valence-corrected chi connectivity index (χ2v) is 3.45. The highest BCUT2D eigenvalue weighted by molar-refractivity contribution is 5.79. The summed E-state index contributed by atoms with van der Waals surface area (Å²) in [5, 5.41) is 9.75. The molecule has 0 radical (unpaired) electrons. The van der Waals surface area contributed by atoms with Gasteiger partial charge in [0.15, 0.2) is 0 Å². The van der Waals surface area contributed by atoms with Gasteiger partial charge in [0, 0.05) is 13.5 Å². The third-order valence-corrected chi connectivity index (χ3v) is 2.47. The van der Waals surface area contributed by atoms with Gasteiger partial charge in [0.1, 0.15) is 11.6 Å². The van der Waals surface area contributed by atoms with Gasteiger partial charge in [0.2, 0.25) is 0 Å². The predicted molar refractivity (Wildman–Crippen MR) is 58.0 cm³/mol. The van der Waals surface area contributed by atoms with Crippen molar-refractivity contribution in [1.29, 1.82) is 0 Å². The molecule has 78 valence electrons. The molecule has 1 heterocycles. The topological polar surface area (TPSA) is 55.1 Å². The normalized spacial score (nSPS) is 10.8. The van der Waals surface area contributed by atoms with E-state index < -0.39 is 0 Å². The van der Waals surface area contributed by atoms with Gasteiger partial charge in [-0.1, -0.05) is 6.92 Å². The first-order valence-electron chi connectivity index (χ1n) is 4.82. The molecule has 2 aromatic rings. The second kappa shape index (κ2) is 3.38. The maximum absolute atomic E-state index is 11.9. The lowest BCUT2D eigenvalue weighted by molar-refractivity contribution is 0.476. The minimum Gasteiger partial charge on any atom is -0.508 e. The summed E-state index contributed by atoms with van der Waals surface area (Å²) in [4.78, 5) is 16.2. The van der Waals surface area contributed by atoms with Crippen molar-refractivity contribution < 1.29 is 5.11 Å². The molecule has 0 bridgehead atoms. The van der Waals surface area contributed by atoms with Gasteiger partial charge in [0.05, 0.1) is 10.9 Å². The first-order chi connectivity index (χ1) is 7.13. The van der Waals surface area contributed by atoms with Gasteiger partial charge in [-0.2, -0.15) is 0 Å². The molecule has 1 N–H and O–H groups in total. The number of phenols is 1. The van der Waals surface area contributed by atoms with E-state index in [1.165, 1.54) is 16.7 Å². The number of hydrogen-bond donors (Lipinski definition) is 1. The van der Waals surface area contributed by atoms with Crippen LogP contribution in [0, 0.1) is 0 Å². The van der Waals surface area contributed by atoms with Crippen LogP contribution in [-0.4, -0.2) is 14.7 Å². The molecule has 0 saturated heterocycles. The zero-order valence-corrected chi connectivity index (χ0v) is 8.69. The number of fused-ring (bicyclic) bond motifs is 1. The Kier molecular flexibility index (Phi) is 2.19. The van der Waals surface area contributed by atoms with Crippen molar-refractivity contribution in [2.45, 2.75) is 13.3 Å². The largest absolute Gasteiger partial charge is 0.508 e. The van der Waals surface area contributed by atoms with Crippen LogP contribution in [0.4, 0.5) is 0 Å². The molecule has 0 spiro atoms. The van der Waals surface area contributed by atoms with Crippen LogP contribution >= 0.6 is 0 Å². The van der Waals surface area contributed by atoms with E-state index in [4.69, 9.17) is 0 Å². The third-order valence-electron chi connectivity index (χ3n) is 2.47. The highest BCUT2D eigenvalue weighted by Gasteiger charge is 2.06. The number of aromatic hydroxyl groups is 1. The summed E-state index contributed by atoms with van der Waals surface area (Å²) in [7, 11) is 1.69. The van der Waals surface area contributed by atoms with Gasteiger partial charge < -0.3 is 5.11 Å². The molecule has 0 fully saturated rings. The predicted octanol–water partition coefficient (Wildman–Crippen LogP) is 1.20. The van der Waals surface area contributed by atoms with Crippen molar-refractivity contribution in [1.82, 2.24) is 9.55 Å². The van der Waals surface area contributed by atoms with Crippen molar-refractivity contribution in [3.05, 3.63) is 34.4 Å².